The fraction of sp³-hybridized carbons (Fsp3) is 0.111. The molecule has 0 saturated carbocycles. The highest BCUT2D eigenvalue weighted by Crippen LogP contribution is 2.19. The third kappa shape index (κ3) is 5.24. The maximum absolute atomic E-state index is 12.1. The van der Waals surface area contributed by atoms with Crippen LogP contribution < -0.4 is 15.5 Å². The van der Waals surface area contributed by atoms with Crippen LogP contribution in [0.3, 0.4) is 0 Å². The van der Waals surface area contributed by atoms with Gasteiger partial charge in [-0.25, -0.2) is 4.79 Å². The van der Waals surface area contributed by atoms with E-state index in [1.54, 1.807) is 6.20 Å². The minimum absolute atomic E-state index is 0. The molecule has 0 bridgehead atoms. The van der Waals surface area contributed by atoms with Crippen molar-refractivity contribution in [3.8, 4) is 0 Å². The van der Waals surface area contributed by atoms with Crippen molar-refractivity contribution in [3.63, 3.8) is 0 Å². The molecule has 0 fully saturated rings. The Bertz CT molecular complexity index is 855. The van der Waals surface area contributed by atoms with Crippen LogP contribution in [0.15, 0.2) is 60.8 Å². The van der Waals surface area contributed by atoms with Crippen LogP contribution in [0.2, 0.25) is 0 Å². The van der Waals surface area contributed by atoms with Crippen LogP contribution in [0.4, 0.5) is 21.9 Å². The zero-order chi connectivity index (χ0) is 16.2. The van der Waals surface area contributed by atoms with Crippen LogP contribution in [0, 0.1) is 0 Å². The summed E-state index contributed by atoms with van der Waals surface area (Å²) in [7, 11) is 3.92. The first-order valence-electron chi connectivity index (χ1n) is 7.32. The number of amides is 2. The molecule has 1 aromatic heterocycles. The molecule has 2 aromatic carbocycles. The lowest BCUT2D eigenvalue weighted by molar-refractivity contribution is 0.262. The number of benzene rings is 2. The van der Waals surface area contributed by atoms with Crippen molar-refractivity contribution in [2.45, 2.75) is 0 Å². The Balaban J connectivity index is 0.00000156. The zero-order valence-corrected chi connectivity index (χ0v) is 15.5. The Labute approximate surface area is 159 Å². The standard InChI is InChI=1S/C18H18N4O.2ClH/c1-22(2)16-7-3-6-14(12-16)20-18(23)21-15-8-9-17-13(11-15)5-4-10-19-17;;/h3-12H,1-2H3,(H2,20,21,23);2*1H. The van der Waals surface area contributed by atoms with Gasteiger partial charge in [0.05, 0.1) is 5.52 Å². The van der Waals surface area contributed by atoms with Crippen molar-refractivity contribution in [1.29, 1.82) is 0 Å². The van der Waals surface area contributed by atoms with Gasteiger partial charge in [-0.2, -0.15) is 0 Å². The van der Waals surface area contributed by atoms with E-state index in [-0.39, 0.29) is 30.8 Å². The lowest BCUT2D eigenvalue weighted by Crippen LogP contribution is -2.19. The van der Waals surface area contributed by atoms with Crippen LogP contribution in [0.5, 0.6) is 0 Å². The van der Waals surface area contributed by atoms with E-state index in [9.17, 15) is 4.79 Å². The minimum Gasteiger partial charge on any atom is -0.378 e. The van der Waals surface area contributed by atoms with E-state index in [0.29, 0.717) is 0 Å². The van der Waals surface area contributed by atoms with Crippen molar-refractivity contribution >= 4 is 58.8 Å². The quantitative estimate of drug-likeness (QED) is 0.688. The summed E-state index contributed by atoms with van der Waals surface area (Å²) in [5.74, 6) is 0. The van der Waals surface area contributed by atoms with E-state index in [4.69, 9.17) is 0 Å². The molecule has 3 aromatic rings. The Morgan fingerprint density at radius 2 is 1.64 bits per heavy atom. The Morgan fingerprint density at radius 3 is 2.36 bits per heavy atom. The molecule has 2 amide bonds. The molecular formula is C18H20Cl2N4O. The number of urea groups is 1. The Morgan fingerprint density at radius 1 is 0.920 bits per heavy atom. The predicted octanol–water partition coefficient (Wildman–Crippen LogP) is 4.79. The average molecular weight is 379 g/mol. The Kier molecular flexibility index (Phi) is 7.48. The van der Waals surface area contributed by atoms with Gasteiger partial charge >= 0.3 is 6.03 Å². The SMILES string of the molecule is CN(C)c1cccc(NC(=O)Nc2ccc3ncccc3c2)c1.Cl.Cl. The fourth-order valence-corrected chi connectivity index (χ4v) is 2.31. The summed E-state index contributed by atoms with van der Waals surface area (Å²) in [6, 6.07) is 16.9. The number of fused-ring (bicyclic) bond motifs is 1. The molecule has 7 heteroatoms. The first kappa shape index (κ1) is 20.5. The van der Waals surface area contributed by atoms with Gasteiger partial charge in [0, 0.05) is 42.7 Å². The molecule has 25 heavy (non-hydrogen) atoms. The Hall–Kier alpha value is -2.50. The van der Waals surface area contributed by atoms with Crippen molar-refractivity contribution < 1.29 is 4.79 Å². The third-order valence-corrected chi connectivity index (χ3v) is 3.48. The van der Waals surface area contributed by atoms with Crippen LogP contribution in [0.25, 0.3) is 10.9 Å². The molecule has 0 aliphatic heterocycles. The highest BCUT2D eigenvalue weighted by atomic mass is 35.5. The molecule has 0 unspecified atom stereocenters. The van der Waals surface area contributed by atoms with Crippen molar-refractivity contribution in [3.05, 3.63) is 60.8 Å². The van der Waals surface area contributed by atoms with Crippen LogP contribution in [-0.2, 0) is 0 Å². The molecule has 0 spiro atoms. The summed E-state index contributed by atoms with van der Waals surface area (Å²) in [6.07, 6.45) is 1.75. The van der Waals surface area contributed by atoms with Gasteiger partial charge in [0.15, 0.2) is 0 Å². The average Bonchev–Trinajstić information content (AvgIpc) is 2.55. The van der Waals surface area contributed by atoms with Gasteiger partial charge in [-0.3, -0.25) is 4.98 Å². The van der Waals surface area contributed by atoms with Crippen LogP contribution in [-0.4, -0.2) is 25.1 Å². The molecule has 0 atom stereocenters. The fourth-order valence-electron chi connectivity index (χ4n) is 2.31. The number of hydrogen-bond acceptors (Lipinski definition) is 3. The molecular weight excluding hydrogens is 359 g/mol. The number of rotatable bonds is 3. The number of pyridine rings is 1. The molecule has 5 nitrogen and oxygen atoms in total. The molecule has 132 valence electrons. The molecule has 3 rings (SSSR count). The van der Waals surface area contributed by atoms with Crippen molar-refractivity contribution in [1.82, 2.24) is 4.98 Å². The van der Waals surface area contributed by atoms with Crippen LogP contribution in [0.1, 0.15) is 0 Å². The van der Waals surface area contributed by atoms with Gasteiger partial charge in [-0.15, -0.1) is 24.8 Å². The first-order valence-corrected chi connectivity index (χ1v) is 7.32. The second-order valence-electron chi connectivity index (χ2n) is 5.43. The number of aromatic nitrogens is 1. The maximum Gasteiger partial charge on any atom is 0.323 e. The van der Waals surface area contributed by atoms with E-state index in [2.05, 4.69) is 15.6 Å². The molecule has 0 aliphatic carbocycles. The molecule has 0 saturated heterocycles. The third-order valence-electron chi connectivity index (χ3n) is 3.48. The van der Waals surface area contributed by atoms with Gasteiger partial charge in [0.25, 0.3) is 0 Å². The van der Waals surface area contributed by atoms with E-state index in [1.807, 2.05) is 73.6 Å². The summed E-state index contributed by atoms with van der Waals surface area (Å²) in [5.41, 5.74) is 3.40. The summed E-state index contributed by atoms with van der Waals surface area (Å²) in [4.78, 5) is 18.4. The molecule has 2 N–H and O–H groups in total. The number of halogens is 2. The summed E-state index contributed by atoms with van der Waals surface area (Å²) in [5, 5.41) is 6.67. The normalized spacial score (nSPS) is 9.52. The number of hydrogen-bond donors (Lipinski definition) is 2. The second kappa shape index (κ2) is 9.11. The maximum atomic E-state index is 12.1. The summed E-state index contributed by atoms with van der Waals surface area (Å²) < 4.78 is 0. The second-order valence-corrected chi connectivity index (χ2v) is 5.43. The van der Waals surface area contributed by atoms with Crippen molar-refractivity contribution in [2.75, 3.05) is 29.6 Å². The largest absolute Gasteiger partial charge is 0.378 e. The van der Waals surface area contributed by atoms with E-state index < -0.39 is 0 Å². The highest BCUT2D eigenvalue weighted by Gasteiger charge is 2.05. The topological polar surface area (TPSA) is 57.3 Å². The highest BCUT2D eigenvalue weighted by molar-refractivity contribution is 6.01. The van der Waals surface area contributed by atoms with Gasteiger partial charge < -0.3 is 15.5 Å². The van der Waals surface area contributed by atoms with Gasteiger partial charge in [-0.1, -0.05) is 12.1 Å². The van der Waals surface area contributed by atoms with Crippen LogP contribution >= 0.6 is 24.8 Å². The molecule has 0 radical (unpaired) electrons. The number of carbonyl (C=O) groups is 1. The number of anilines is 3. The summed E-state index contributed by atoms with van der Waals surface area (Å²) in [6.45, 7) is 0. The van der Waals surface area contributed by atoms with E-state index in [1.165, 1.54) is 0 Å². The lowest BCUT2D eigenvalue weighted by atomic mass is 10.2. The van der Waals surface area contributed by atoms with E-state index >= 15 is 0 Å². The monoisotopic (exact) mass is 378 g/mol. The lowest BCUT2D eigenvalue weighted by Gasteiger charge is -2.14. The number of nitrogens with one attached hydrogen (secondary N) is 2. The predicted molar refractivity (Wildman–Crippen MR) is 110 cm³/mol. The molecule has 1 heterocycles. The smallest absolute Gasteiger partial charge is 0.323 e. The zero-order valence-electron chi connectivity index (χ0n) is 13.9. The van der Waals surface area contributed by atoms with Gasteiger partial charge in [0.2, 0.25) is 0 Å². The summed E-state index contributed by atoms with van der Waals surface area (Å²) >= 11 is 0. The van der Waals surface area contributed by atoms with Gasteiger partial charge in [-0.05, 0) is 42.5 Å². The van der Waals surface area contributed by atoms with Gasteiger partial charge in [0.1, 0.15) is 0 Å². The minimum atomic E-state index is -0.274. The number of nitrogens with zero attached hydrogens (tertiary/aromatic N) is 2. The molecule has 0 aliphatic rings. The first-order chi connectivity index (χ1) is 11.1. The van der Waals surface area contributed by atoms with E-state index in [0.717, 1.165) is 28.0 Å². The number of carbonyl (C=O) groups excluding carboxylic acids is 1. The van der Waals surface area contributed by atoms with Crippen molar-refractivity contribution in [2.24, 2.45) is 0 Å².